The largest absolute Gasteiger partial charge is 0.350 e. The van der Waals surface area contributed by atoms with Crippen LogP contribution in [0.15, 0.2) is 54.6 Å². The van der Waals surface area contributed by atoms with Crippen LogP contribution in [-0.2, 0) is 13.1 Å². The predicted molar refractivity (Wildman–Crippen MR) is 108 cm³/mol. The number of anilines is 1. The van der Waals surface area contributed by atoms with Crippen molar-refractivity contribution in [3.05, 3.63) is 87.7 Å². The molecule has 27 heavy (non-hydrogen) atoms. The van der Waals surface area contributed by atoms with Gasteiger partial charge in [0, 0.05) is 23.8 Å². The molecular weight excluding hydrogens is 360 g/mol. The molecule has 1 aromatic heterocycles. The molecule has 5 nitrogen and oxygen atoms in total. The quantitative estimate of drug-likeness (QED) is 0.669. The molecule has 3 rings (SSSR count). The Hall–Kier alpha value is -2.92. The van der Waals surface area contributed by atoms with E-state index < -0.39 is 0 Å². The lowest BCUT2D eigenvalue weighted by Gasteiger charge is -2.09. The fourth-order valence-corrected chi connectivity index (χ4v) is 2.65. The molecule has 0 unspecified atom stereocenters. The Kier molecular flexibility index (Phi) is 6.04. The van der Waals surface area contributed by atoms with E-state index in [1.807, 2.05) is 19.1 Å². The van der Waals surface area contributed by atoms with Crippen molar-refractivity contribution in [2.24, 2.45) is 0 Å². The summed E-state index contributed by atoms with van der Waals surface area (Å²) >= 11 is 5.88. The van der Waals surface area contributed by atoms with Crippen molar-refractivity contribution in [2.75, 3.05) is 5.32 Å². The highest BCUT2D eigenvalue weighted by molar-refractivity contribution is 6.30. The molecule has 2 aromatic carbocycles. The average Bonchev–Trinajstić information content (AvgIpc) is 2.66. The van der Waals surface area contributed by atoms with E-state index in [9.17, 15) is 4.79 Å². The number of benzene rings is 2. The Morgan fingerprint density at radius 1 is 0.926 bits per heavy atom. The summed E-state index contributed by atoms with van der Waals surface area (Å²) in [6.45, 7) is 4.89. The molecule has 0 aliphatic carbocycles. The number of nitrogens with zero attached hydrogens (tertiary/aromatic N) is 2. The number of hydrogen-bond acceptors (Lipinski definition) is 4. The third-order valence-electron chi connectivity index (χ3n) is 4.02. The van der Waals surface area contributed by atoms with Gasteiger partial charge in [0.05, 0.1) is 0 Å². The van der Waals surface area contributed by atoms with Gasteiger partial charge in [0.15, 0.2) is 0 Å². The Morgan fingerprint density at radius 3 is 2.26 bits per heavy atom. The summed E-state index contributed by atoms with van der Waals surface area (Å²) in [7, 11) is 0. The molecule has 0 bridgehead atoms. The van der Waals surface area contributed by atoms with Crippen molar-refractivity contribution < 1.29 is 4.79 Å². The summed E-state index contributed by atoms with van der Waals surface area (Å²) in [4.78, 5) is 21.1. The highest BCUT2D eigenvalue weighted by atomic mass is 35.5. The van der Waals surface area contributed by atoms with Crippen LogP contribution < -0.4 is 10.6 Å². The summed E-state index contributed by atoms with van der Waals surface area (Å²) in [5.41, 5.74) is 4.37. The highest BCUT2D eigenvalue weighted by Gasteiger charge is 2.10. The molecule has 0 atom stereocenters. The van der Waals surface area contributed by atoms with E-state index in [-0.39, 0.29) is 5.91 Å². The zero-order chi connectivity index (χ0) is 19.2. The van der Waals surface area contributed by atoms with Crippen LogP contribution in [-0.4, -0.2) is 15.9 Å². The first kappa shape index (κ1) is 18.9. The normalized spacial score (nSPS) is 10.5. The van der Waals surface area contributed by atoms with E-state index in [0.29, 0.717) is 29.8 Å². The molecule has 0 aliphatic heterocycles. The number of rotatable bonds is 6. The molecule has 0 fully saturated rings. The zero-order valence-corrected chi connectivity index (χ0v) is 16.0. The third-order valence-corrected chi connectivity index (χ3v) is 4.28. The first-order valence-electron chi connectivity index (χ1n) is 8.67. The monoisotopic (exact) mass is 380 g/mol. The van der Waals surface area contributed by atoms with Crippen LogP contribution in [0.1, 0.15) is 32.9 Å². The van der Waals surface area contributed by atoms with E-state index in [0.717, 1.165) is 16.8 Å². The summed E-state index contributed by atoms with van der Waals surface area (Å²) in [5, 5.41) is 6.72. The maximum absolute atomic E-state index is 12.4. The van der Waals surface area contributed by atoms with Crippen LogP contribution in [0.5, 0.6) is 0 Å². The predicted octanol–water partition coefficient (Wildman–Crippen LogP) is 4.29. The minimum atomic E-state index is -0.242. The van der Waals surface area contributed by atoms with Gasteiger partial charge in [-0.3, -0.25) is 4.79 Å². The van der Waals surface area contributed by atoms with Crippen LogP contribution in [0.25, 0.3) is 0 Å². The van der Waals surface area contributed by atoms with Crippen molar-refractivity contribution in [1.82, 2.24) is 15.3 Å². The van der Waals surface area contributed by atoms with Gasteiger partial charge in [-0.2, -0.15) is 0 Å². The molecule has 0 saturated carbocycles. The fourth-order valence-electron chi connectivity index (χ4n) is 2.53. The second-order valence-electron chi connectivity index (χ2n) is 6.37. The van der Waals surface area contributed by atoms with Gasteiger partial charge in [-0.1, -0.05) is 53.6 Å². The van der Waals surface area contributed by atoms with Gasteiger partial charge in [0.1, 0.15) is 5.69 Å². The highest BCUT2D eigenvalue weighted by Crippen LogP contribution is 2.11. The Balaban J connectivity index is 1.63. The maximum Gasteiger partial charge on any atom is 0.270 e. The van der Waals surface area contributed by atoms with Crippen molar-refractivity contribution in [1.29, 1.82) is 0 Å². The van der Waals surface area contributed by atoms with Gasteiger partial charge in [-0.15, -0.1) is 0 Å². The van der Waals surface area contributed by atoms with E-state index in [4.69, 9.17) is 11.6 Å². The average molecular weight is 381 g/mol. The van der Waals surface area contributed by atoms with Crippen molar-refractivity contribution >= 4 is 23.5 Å². The third kappa shape index (κ3) is 5.53. The standard InChI is InChI=1S/C21H21ClN4O/c1-14-3-5-16(6-4-14)13-24-21-25-15(2)11-19(26-21)20(27)23-12-17-7-9-18(22)10-8-17/h3-11H,12-13H2,1-2H3,(H,23,27)(H,24,25,26). The summed E-state index contributed by atoms with van der Waals surface area (Å²) in [6.07, 6.45) is 0. The van der Waals surface area contributed by atoms with Crippen molar-refractivity contribution in [3.63, 3.8) is 0 Å². The lowest BCUT2D eigenvalue weighted by atomic mass is 10.1. The van der Waals surface area contributed by atoms with Gasteiger partial charge in [-0.25, -0.2) is 9.97 Å². The van der Waals surface area contributed by atoms with Crippen LogP contribution >= 0.6 is 11.6 Å². The van der Waals surface area contributed by atoms with E-state index in [1.165, 1.54) is 5.56 Å². The molecule has 1 amide bonds. The molecule has 6 heteroatoms. The Labute approximate surface area is 163 Å². The first-order chi connectivity index (χ1) is 13.0. The van der Waals surface area contributed by atoms with Crippen LogP contribution in [0.2, 0.25) is 5.02 Å². The van der Waals surface area contributed by atoms with Gasteiger partial charge >= 0.3 is 0 Å². The molecule has 3 aromatic rings. The van der Waals surface area contributed by atoms with Crippen molar-refractivity contribution in [3.8, 4) is 0 Å². The fraction of sp³-hybridized carbons (Fsp3) is 0.190. The first-order valence-corrected chi connectivity index (χ1v) is 9.05. The van der Waals surface area contributed by atoms with Crippen molar-refractivity contribution in [2.45, 2.75) is 26.9 Å². The lowest BCUT2D eigenvalue weighted by molar-refractivity contribution is 0.0945. The minimum Gasteiger partial charge on any atom is -0.350 e. The number of aryl methyl sites for hydroxylation is 2. The van der Waals surface area contributed by atoms with Gasteiger partial charge < -0.3 is 10.6 Å². The Bertz CT molecular complexity index is 924. The van der Waals surface area contributed by atoms with Crippen LogP contribution in [0.4, 0.5) is 5.95 Å². The lowest BCUT2D eigenvalue weighted by Crippen LogP contribution is -2.24. The van der Waals surface area contributed by atoms with Crippen LogP contribution in [0.3, 0.4) is 0 Å². The number of aromatic nitrogens is 2. The summed E-state index contributed by atoms with van der Waals surface area (Å²) < 4.78 is 0. The molecule has 0 saturated heterocycles. The second kappa shape index (κ2) is 8.64. The molecule has 1 heterocycles. The zero-order valence-electron chi connectivity index (χ0n) is 15.3. The Morgan fingerprint density at radius 2 is 1.56 bits per heavy atom. The number of carbonyl (C=O) groups is 1. The topological polar surface area (TPSA) is 66.9 Å². The molecule has 0 radical (unpaired) electrons. The van der Waals surface area contributed by atoms with Crippen LogP contribution in [0, 0.1) is 13.8 Å². The van der Waals surface area contributed by atoms with E-state index >= 15 is 0 Å². The van der Waals surface area contributed by atoms with Gasteiger partial charge in [0.2, 0.25) is 5.95 Å². The smallest absolute Gasteiger partial charge is 0.270 e. The second-order valence-corrected chi connectivity index (χ2v) is 6.80. The molecule has 2 N–H and O–H groups in total. The number of amides is 1. The summed E-state index contributed by atoms with van der Waals surface area (Å²) in [6, 6.07) is 17.2. The molecule has 0 spiro atoms. The minimum absolute atomic E-state index is 0.242. The summed E-state index contributed by atoms with van der Waals surface area (Å²) in [5.74, 6) is 0.195. The number of carbonyl (C=O) groups excluding carboxylic acids is 1. The van der Waals surface area contributed by atoms with Gasteiger partial charge in [-0.05, 0) is 43.2 Å². The number of halogens is 1. The number of nitrogens with one attached hydrogen (secondary N) is 2. The SMILES string of the molecule is Cc1ccc(CNc2nc(C)cc(C(=O)NCc3ccc(Cl)cc3)n2)cc1. The number of hydrogen-bond donors (Lipinski definition) is 2. The maximum atomic E-state index is 12.4. The molecular formula is C21H21ClN4O. The van der Waals surface area contributed by atoms with Gasteiger partial charge in [0.25, 0.3) is 5.91 Å². The van der Waals surface area contributed by atoms with E-state index in [2.05, 4.69) is 51.8 Å². The molecule has 138 valence electrons. The van der Waals surface area contributed by atoms with E-state index in [1.54, 1.807) is 18.2 Å². The molecule has 0 aliphatic rings.